The van der Waals surface area contributed by atoms with Gasteiger partial charge in [0.05, 0.1) is 10.6 Å². The molecule has 0 unspecified atom stereocenters. The van der Waals surface area contributed by atoms with Gasteiger partial charge < -0.3 is 9.26 Å². The average Bonchev–Trinajstić information content (AvgIpc) is 2.81. The van der Waals surface area contributed by atoms with Crippen LogP contribution >= 0.6 is 11.6 Å². The Hall–Kier alpha value is -2.41. The number of carbonyl (C=O) groups excluding carboxylic acids is 1. The van der Waals surface area contributed by atoms with Gasteiger partial charge >= 0.3 is 5.97 Å². The average molecular weight is 297 g/mol. The zero-order valence-corrected chi connectivity index (χ0v) is 11.1. The molecular formula is C12H9ClN2O5. The molecule has 0 saturated heterocycles. The third-order valence-electron chi connectivity index (χ3n) is 2.40. The van der Waals surface area contributed by atoms with Crippen molar-refractivity contribution in [1.29, 1.82) is 0 Å². The van der Waals surface area contributed by atoms with Crippen molar-refractivity contribution in [3.05, 3.63) is 56.4 Å². The van der Waals surface area contributed by atoms with E-state index in [1.807, 2.05) is 0 Å². The SMILES string of the molecule is Cc1cc(COC(=O)c2cc(Cl)ccc2[N+](=O)[O-])on1. The summed E-state index contributed by atoms with van der Waals surface area (Å²) in [5, 5.41) is 14.7. The number of hydrogen-bond acceptors (Lipinski definition) is 6. The number of aromatic nitrogens is 1. The molecule has 8 heteroatoms. The molecule has 0 aliphatic rings. The minimum absolute atomic E-state index is 0.163. The van der Waals surface area contributed by atoms with E-state index in [0.717, 1.165) is 6.07 Å². The molecule has 0 saturated carbocycles. The molecule has 1 aromatic carbocycles. The Labute approximate surface area is 118 Å². The molecule has 0 atom stereocenters. The van der Waals surface area contributed by atoms with Crippen LogP contribution in [-0.4, -0.2) is 16.0 Å². The highest BCUT2D eigenvalue weighted by Gasteiger charge is 2.22. The van der Waals surface area contributed by atoms with Crippen LogP contribution in [0, 0.1) is 17.0 Å². The number of carbonyl (C=O) groups is 1. The third kappa shape index (κ3) is 3.12. The number of hydrogen-bond donors (Lipinski definition) is 0. The Balaban J connectivity index is 2.16. The van der Waals surface area contributed by atoms with Gasteiger partial charge in [-0.1, -0.05) is 16.8 Å². The molecule has 0 N–H and O–H groups in total. The number of nitro benzene ring substituents is 1. The van der Waals surface area contributed by atoms with Gasteiger partial charge in [0.15, 0.2) is 12.4 Å². The molecule has 1 heterocycles. The largest absolute Gasteiger partial charge is 0.454 e. The summed E-state index contributed by atoms with van der Waals surface area (Å²) in [5.74, 6) is -0.506. The Morgan fingerprint density at radius 3 is 2.85 bits per heavy atom. The van der Waals surface area contributed by atoms with Gasteiger partial charge in [-0.05, 0) is 19.1 Å². The van der Waals surface area contributed by atoms with Crippen molar-refractivity contribution in [3.8, 4) is 0 Å². The van der Waals surface area contributed by atoms with E-state index < -0.39 is 10.9 Å². The van der Waals surface area contributed by atoms with E-state index in [1.54, 1.807) is 13.0 Å². The first-order valence-corrected chi connectivity index (χ1v) is 5.88. The summed E-state index contributed by atoms with van der Waals surface area (Å²) in [6, 6.07) is 5.27. The molecule has 7 nitrogen and oxygen atoms in total. The molecule has 2 rings (SSSR count). The van der Waals surface area contributed by atoms with E-state index in [2.05, 4.69) is 5.16 Å². The molecule has 2 aromatic rings. The van der Waals surface area contributed by atoms with E-state index in [9.17, 15) is 14.9 Å². The molecule has 104 valence electrons. The first-order valence-electron chi connectivity index (χ1n) is 5.50. The zero-order valence-electron chi connectivity index (χ0n) is 10.3. The van der Waals surface area contributed by atoms with Crippen molar-refractivity contribution < 1.29 is 19.0 Å². The summed E-state index contributed by atoms with van der Waals surface area (Å²) in [6.07, 6.45) is 0. The van der Waals surface area contributed by atoms with Crippen LogP contribution < -0.4 is 0 Å². The summed E-state index contributed by atoms with van der Waals surface area (Å²) in [4.78, 5) is 22.0. The van der Waals surface area contributed by atoms with Gasteiger partial charge in [-0.25, -0.2) is 4.79 Å². The lowest BCUT2D eigenvalue weighted by Gasteiger charge is -2.03. The van der Waals surface area contributed by atoms with Gasteiger partial charge in [0.2, 0.25) is 0 Å². The van der Waals surface area contributed by atoms with Crippen LogP contribution in [0.1, 0.15) is 21.8 Å². The second-order valence-electron chi connectivity index (χ2n) is 3.93. The highest BCUT2D eigenvalue weighted by molar-refractivity contribution is 6.31. The van der Waals surface area contributed by atoms with E-state index in [-0.39, 0.29) is 22.9 Å². The van der Waals surface area contributed by atoms with Crippen molar-refractivity contribution in [2.24, 2.45) is 0 Å². The van der Waals surface area contributed by atoms with Crippen molar-refractivity contribution in [2.45, 2.75) is 13.5 Å². The molecule has 0 radical (unpaired) electrons. The smallest absolute Gasteiger partial charge is 0.345 e. The van der Waals surface area contributed by atoms with Crippen molar-refractivity contribution in [3.63, 3.8) is 0 Å². The number of benzene rings is 1. The Morgan fingerprint density at radius 2 is 2.25 bits per heavy atom. The predicted molar refractivity (Wildman–Crippen MR) is 68.5 cm³/mol. The molecule has 0 spiro atoms. The van der Waals surface area contributed by atoms with Gasteiger partial charge in [0, 0.05) is 17.2 Å². The number of aryl methyl sites for hydroxylation is 1. The molecule has 0 bridgehead atoms. The van der Waals surface area contributed by atoms with Gasteiger partial charge in [0.25, 0.3) is 5.69 Å². The van der Waals surface area contributed by atoms with Crippen LogP contribution in [0.3, 0.4) is 0 Å². The lowest BCUT2D eigenvalue weighted by Crippen LogP contribution is -2.08. The van der Waals surface area contributed by atoms with Crippen LogP contribution in [0.15, 0.2) is 28.8 Å². The standard InChI is InChI=1S/C12H9ClN2O5/c1-7-4-9(20-14-7)6-19-12(16)10-5-8(13)2-3-11(10)15(17)18/h2-5H,6H2,1H3. The monoisotopic (exact) mass is 296 g/mol. The number of ether oxygens (including phenoxy) is 1. The predicted octanol–water partition coefficient (Wildman–Crippen LogP) is 2.90. The second kappa shape index (κ2) is 5.70. The molecule has 1 aromatic heterocycles. The third-order valence-corrected chi connectivity index (χ3v) is 2.63. The zero-order chi connectivity index (χ0) is 14.7. The number of nitrogens with zero attached hydrogens (tertiary/aromatic N) is 2. The van der Waals surface area contributed by atoms with Crippen LogP contribution in [0.2, 0.25) is 5.02 Å². The quantitative estimate of drug-likeness (QED) is 0.489. The Kier molecular flexibility index (Phi) is 3.99. The fraction of sp³-hybridized carbons (Fsp3) is 0.167. The van der Waals surface area contributed by atoms with Crippen LogP contribution in [0.25, 0.3) is 0 Å². The summed E-state index contributed by atoms with van der Waals surface area (Å²) in [7, 11) is 0. The van der Waals surface area contributed by atoms with Crippen LogP contribution in [0.4, 0.5) is 5.69 Å². The first kappa shape index (κ1) is 14.0. The maximum atomic E-state index is 11.9. The number of halogens is 1. The minimum Gasteiger partial charge on any atom is -0.454 e. The molecule has 0 aliphatic heterocycles. The Morgan fingerprint density at radius 1 is 1.50 bits per heavy atom. The second-order valence-corrected chi connectivity index (χ2v) is 4.37. The van der Waals surface area contributed by atoms with Crippen LogP contribution in [-0.2, 0) is 11.3 Å². The van der Waals surface area contributed by atoms with Gasteiger partial charge in [-0.3, -0.25) is 10.1 Å². The van der Waals surface area contributed by atoms with Gasteiger partial charge in [0.1, 0.15) is 5.56 Å². The molecule has 20 heavy (non-hydrogen) atoms. The first-order chi connectivity index (χ1) is 9.47. The fourth-order valence-electron chi connectivity index (χ4n) is 1.53. The lowest BCUT2D eigenvalue weighted by atomic mass is 10.2. The molecule has 0 aliphatic carbocycles. The minimum atomic E-state index is -0.853. The van der Waals surface area contributed by atoms with E-state index >= 15 is 0 Å². The van der Waals surface area contributed by atoms with Crippen LogP contribution in [0.5, 0.6) is 0 Å². The highest BCUT2D eigenvalue weighted by Crippen LogP contribution is 2.23. The summed E-state index contributed by atoms with van der Waals surface area (Å²) in [6.45, 7) is 1.56. The maximum Gasteiger partial charge on any atom is 0.345 e. The van der Waals surface area contributed by atoms with E-state index in [0.29, 0.717) is 11.5 Å². The summed E-state index contributed by atoms with van der Waals surface area (Å²) in [5.41, 5.74) is 0.0664. The van der Waals surface area contributed by atoms with Gasteiger partial charge in [-0.2, -0.15) is 0 Å². The normalized spacial score (nSPS) is 10.3. The molecule has 0 fully saturated rings. The van der Waals surface area contributed by atoms with E-state index in [4.69, 9.17) is 20.9 Å². The fourth-order valence-corrected chi connectivity index (χ4v) is 1.70. The molecular weight excluding hydrogens is 288 g/mol. The molecule has 0 amide bonds. The summed E-state index contributed by atoms with van der Waals surface area (Å²) < 4.78 is 9.80. The topological polar surface area (TPSA) is 95.5 Å². The Bertz CT molecular complexity index is 668. The number of rotatable bonds is 4. The maximum absolute atomic E-state index is 11.9. The van der Waals surface area contributed by atoms with Crippen molar-refractivity contribution >= 4 is 23.3 Å². The number of esters is 1. The van der Waals surface area contributed by atoms with Crippen molar-refractivity contribution in [2.75, 3.05) is 0 Å². The lowest BCUT2D eigenvalue weighted by molar-refractivity contribution is -0.385. The van der Waals surface area contributed by atoms with Crippen molar-refractivity contribution in [1.82, 2.24) is 5.16 Å². The summed E-state index contributed by atoms with van der Waals surface area (Å²) >= 11 is 5.73. The van der Waals surface area contributed by atoms with E-state index in [1.165, 1.54) is 12.1 Å². The highest BCUT2D eigenvalue weighted by atomic mass is 35.5. The van der Waals surface area contributed by atoms with Gasteiger partial charge in [-0.15, -0.1) is 0 Å². The number of nitro groups is 1.